The van der Waals surface area contributed by atoms with Crippen molar-refractivity contribution in [3.63, 3.8) is 0 Å². The van der Waals surface area contributed by atoms with Crippen LogP contribution in [0.25, 0.3) is 5.69 Å². The van der Waals surface area contributed by atoms with Gasteiger partial charge in [-0.1, -0.05) is 53.9 Å². The summed E-state index contributed by atoms with van der Waals surface area (Å²) in [4.78, 5) is 0. The first-order valence-corrected chi connectivity index (χ1v) is 8.49. The Hall–Kier alpha value is -1.16. The number of para-hydroxylation sites is 1. The van der Waals surface area contributed by atoms with Gasteiger partial charge in [-0.25, -0.2) is 0 Å². The second-order valence-corrected chi connectivity index (χ2v) is 6.15. The Kier molecular flexibility index (Phi) is 3.92. The van der Waals surface area contributed by atoms with Crippen molar-refractivity contribution in [1.82, 2.24) is 14.8 Å². The number of benzene rings is 1. The maximum Gasteiger partial charge on any atom is 0.148 e. The standard InChI is InChI=1S/C16H20BrN3/c1-2-16(10-6-7-11-16)15-19-18-14(12-17)20(15)13-8-4-3-5-9-13/h3-5,8-9H,2,6-7,10-12H2,1H3. The Bertz CT molecular complexity index is 571. The van der Waals surface area contributed by atoms with E-state index in [1.807, 2.05) is 6.07 Å². The highest BCUT2D eigenvalue weighted by atomic mass is 79.9. The zero-order valence-corrected chi connectivity index (χ0v) is 13.4. The van der Waals surface area contributed by atoms with E-state index in [9.17, 15) is 0 Å². The maximum atomic E-state index is 4.57. The molecule has 0 saturated heterocycles. The van der Waals surface area contributed by atoms with Crippen molar-refractivity contribution in [3.05, 3.63) is 42.0 Å². The Morgan fingerprint density at radius 1 is 1.15 bits per heavy atom. The molecule has 0 bridgehead atoms. The third kappa shape index (κ3) is 2.20. The summed E-state index contributed by atoms with van der Waals surface area (Å²) >= 11 is 3.54. The van der Waals surface area contributed by atoms with Crippen molar-refractivity contribution in [3.8, 4) is 5.69 Å². The second kappa shape index (κ2) is 5.68. The predicted octanol–water partition coefficient (Wildman–Crippen LogP) is 4.38. The average molecular weight is 334 g/mol. The van der Waals surface area contributed by atoms with Gasteiger partial charge >= 0.3 is 0 Å². The van der Waals surface area contributed by atoms with Crippen LogP contribution in [0, 0.1) is 0 Å². The molecule has 2 aromatic rings. The Balaban J connectivity index is 2.15. The Labute approximate surface area is 128 Å². The van der Waals surface area contributed by atoms with Crippen molar-refractivity contribution in [2.45, 2.75) is 49.8 Å². The number of rotatable bonds is 4. The summed E-state index contributed by atoms with van der Waals surface area (Å²) < 4.78 is 2.25. The van der Waals surface area contributed by atoms with Crippen LogP contribution in [0.5, 0.6) is 0 Å². The van der Waals surface area contributed by atoms with Crippen molar-refractivity contribution in [1.29, 1.82) is 0 Å². The van der Waals surface area contributed by atoms with E-state index in [0.29, 0.717) is 0 Å². The maximum absolute atomic E-state index is 4.57. The number of alkyl halides is 1. The minimum atomic E-state index is 0.212. The summed E-state index contributed by atoms with van der Waals surface area (Å²) in [5, 5.41) is 9.72. The van der Waals surface area contributed by atoms with E-state index in [1.165, 1.54) is 31.4 Å². The normalized spacial score (nSPS) is 17.5. The summed E-state index contributed by atoms with van der Waals surface area (Å²) in [6.45, 7) is 2.28. The second-order valence-electron chi connectivity index (χ2n) is 5.59. The molecule has 3 nitrogen and oxygen atoms in total. The lowest BCUT2D eigenvalue weighted by molar-refractivity contribution is 0.391. The molecule has 1 aromatic heterocycles. The molecule has 0 spiro atoms. The number of hydrogen-bond donors (Lipinski definition) is 0. The lowest BCUT2D eigenvalue weighted by atomic mass is 9.82. The van der Waals surface area contributed by atoms with Crippen molar-refractivity contribution < 1.29 is 0 Å². The monoisotopic (exact) mass is 333 g/mol. The summed E-state index contributed by atoms with van der Waals surface area (Å²) in [7, 11) is 0. The predicted molar refractivity (Wildman–Crippen MR) is 84.4 cm³/mol. The van der Waals surface area contributed by atoms with Gasteiger partial charge in [0.1, 0.15) is 11.6 Å². The van der Waals surface area contributed by atoms with Gasteiger partial charge < -0.3 is 0 Å². The van der Waals surface area contributed by atoms with Gasteiger partial charge in [-0.05, 0) is 31.4 Å². The van der Waals surface area contributed by atoms with Crippen LogP contribution in [-0.4, -0.2) is 14.8 Å². The summed E-state index contributed by atoms with van der Waals surface area (Å²) in [6.07, 6.45) is 6.21. The van der Waals surface area contributed by atoms with Crippen LogP contribution in [0.15, 0.2) is 30.3 Å². The molecular formula is C16H20BrN3. The number of halogens is 1. The zero-order chi connectivity index (χ0) is 14.0. The fourth-order valence-corrected chi connectivity index (χ4v) is 3.74. The molecule has 1 aliphatic rings. The Morgan fingerprint density at radius 3 is 2.45 bits per heavy atom. The summed E-state index contributed by atoms with van der Waals surface area (Å²) in [5.74, 6) is 2.14. The molecule has 0 radical (unpaired) electrons. The Morgan fingerprint density at radius 2 is 1.85 bits per heavy atom. The summed E-state index contributed by atoms with van der Waals surface area (Å²) in [6, 6.07) is 10.5. The lowest BCUT2D eigenvalue weighted by Crippen LogP contribution is -2.26. The molecule has 0 atom stereocenters. The molecule has 1 aromatic carbocycles. The van der Waals surface area contributed by atoms with Crippen LogP contribution in [-0.2, 0) is 10.7 Å². The van der Waals surface area contributed by atoms with Crippen LogP contribution in [0.1, 0.15) is 50.7 Å². The molecule has 4 heteroatoms. The molecule has 1 aliphatic carbocycles. The molecule has 3 rings (SSSR count). The van der Waals surface area contributed by atoms with E-state index in [0.717, 1.165) is 23.4 Å². The van der Waals surface area contributed by atoms with Crippen LogP contribution < -0.4 is 0 Å². The van der Waals surface area contributed by atoms with Gasteiger partial charge in [0.05, 0.1) is 5.33 Å². The van der Waals surface area contributed by atoms with Crippen LogP contribution >= 0.6 is 15.9 Å². The minimum Gasteiger partial charge on any atom is -0.282 e. The van der Waals surface area contributed by atoms with Gasteiger partial charge in [0.25, 0.3) is 0 Å². The topological polar surface area (TPSA) is 30.7 Å². The SMILES string of the molecule is CCC1(c2nnc(CBr)n2-c2ccccc2)CCCC1. The minimum absolute atomic E-state index is 0.212. The first-order valence-electron chi connectivity index (χ1n) is 7.37. The third-order valence-electron chi connectivity index (χ3n) is 4.58. The van der Waals surface area contributed by atoms with Gasteiger partial charge in [-0.3, -0.25) is 4.57 Å². The summed E-state index contributed by atoms with van der Waals surface area (Å²) in [5.41, 5.74) is 1.38. The fourth-order valence-electron chi connectivity index (χ4n) is 3.38. The number of aromatic nitrogens is 3. The van der Waals surface area contributed by atoms with Gasteiger partial charge in [0.2, 0.25) is 0 Å². The average Bonchev–Trinajstić information content (AvgIpc) is 3.15. The van der Waals surface area contributed by atoms with Gasteiger partial charge in [-0.2, -0.15) is 0 Å². The van der Waals surface area contributed by atoms with E-state index >= 15 is 0 Å². The number of nitrogens with zero attached hydrogens (tertiary/aromatic N) is 3. The highest BCUT2D eigenvalue weighted by Crippen LogP contribution is 2.43. The lowest BCUT2D eigenvalue weighted by Gasteiger charge is -2.27. The molecular weight excluding hydrogens is 314 g/mol. The first-order chi connectivity index (χ1) is 9.80. The van der Waals surface area contributed by atoms with Crippen molar-refractivity contribution in [2.24, 2.45) is 0 Å². The quantitative estimate of drug-likeness (QED) is 0.777. The smallest absolute Gasteiger partial charge is 0.148 e. The van der Waals surface area contributed by atoms with Crippen LogP contribution in [0.4, 0.5) is 0 Å². The van der Waals surface area contributed by atoms with Crippen LogP contribution in [0.2, 0.25) is 0 Å². The molecule has 20 heavy (non-hydrogen) atoms. The highest BCUT2D eigenvalue weighted by molar-refractivity contribution is 9.08. The van der Waals surface area contributed by atoms with Crippen LogP contribution in [0.3, 0.4) is 0 Å². The van der Waals surface area contributed by atoms with E-state index in [1.54, 1.807) is 0 Å². The molecule has 106 valence electrons. The largest absolute Gasteiger partial charge is 0.282 e. The molecule has 0 amide bonds. The highest BCUT2D eigenvalue weighted by Gasteiger charge is 2.39. The molecule has 1 heterocycles. The number of hydrogen-bond acceptors (Lipinski definition) is 2. The van der Waals surface area contributed by atoms with Gasteiger partial charge in [-0.15, -0.1) is 10.2 Å². The van der Waals surface area contributed by atoms with E-state index in [-0.39, 0.29) is 5.41 Å². The fraction of sp³-hybridized carbons (Fsp3) is 0.500. The van der Waals surface area contributed by atoms with E-state index in [4.69, 9.17) is 0 Å². The molecule has 0 aliphatic heterocycles. The molecule has 1 saturated carbocycles. The third-order valence-corrected chi connectivity index (χ3v) is 5.08. The molecule has 1 fully saturated rings. The van der Waals surface area contributed by atoms with Crippen molar-refractivity contribution in [2.75, 3.05) is 0 Å². The zero-order valence-electron chi connectivity index (χ0n) is 11.8. The van der Waals surface area contributed by atoms with Gasteiger partial charge in [0, 0.05) is 11.1 Å². The molecule has 0 unspecified atom stereocenters. The van der Waals surface area contributed by atoms with Gasteiger partial charge in [0.15, 0.2) is 0 Å². The van der Waals surface area contributed by atoms with E-state index < -0.39 is 0 Å². The first kappa shape index (κ1) is 13.8. The molecule has 0 N–H and O–H groups in total. The van der Waals surface area contributed by atoms with Crippen molar-refractivity contribution >= 4 is 15.9 Å². The van der Waals surface area contributed by atoms with E-state index in [2.05, 4.69) is 61.9 Å².